The first-order chi connectivity index (χ1) is 5.39. The fourth-order valence-corrected chi connectivity index (χ4v) is 10.2. The molecule has 2 atom stereocenters. The summed E-state index contributed by atoms with van der Waals surface area (Å²) < 4.78 is 0.589. The molecule has 2 fully saturated rings. The van der Waals surface area contributed by atoms with Crippen molar-refractivity contribution >= 4 is 41.2 Å². The molecule has 1 heterocycles. The number of allylic oxidation sites excluding steroid dienone is 1. The van der Waals surface area contributed by atoms with Crippen molar-refractivity contribution in [3.63, 3.8) is 0 Å². The molecule has 2 unspecified atom stereocenters. The fraction of sp³-hybridized carbons (Fsp3) is 0.714. The van der Waals surface area contributed by atoms with Gasteiger partial charge in [0, 0.05) is 4.91 Å². The van der Waals surface area contributed by atoms with E-state index in [2.05, 4.69) is 16.9 Å². The number of fused-ring (bicyclic) bond motifs is 1. The Balaban J connectivity index is 2.01. The molecule has 1 aliphatic heterocycles. The molecule has 60 valence electrons. The highest BCUT2D eigenvalue weighted by Gasteiger charge is 2.49. The third kappa shape index (κ3) is 1.02. The first-order valence-electron chi connectivity index (χ1n) is 3.80. The van der Waals surface area contributed by atoms with Gasteiger partial charge in [0.2, 0.25) is 0 Å². The van der Waals surface area contributed by atoms with Gasteiger partial charge in [-0.2, -0.15) is 0 Å². The topological polar surface area (TPSA) is 0 Å². The number of hydrogen-bond donors (Lipinski definition) is 0. The van der Waals surface area contributed by atoms with Gasteiger partial charge < -0.3 is 0 Å². The third-order valence-corrected chi connectivity index (χ3v) is 9.92. The predicted molar refractivity (Wildman–Crippen MR) is 58.5 cm³/mol. The van der Waals surface area contributed by atoms with Crippen LogP contribution in [0.25, 0.3) is 0 Å². The molecule has 0 aromatic rings. The zero-order valence-corrected chi connectivity index (χ0v) is 9.18. The maximum Gasteiger partial charge on any atom is 0.0590 e. The summed E-state index contributed by atoms with van der Waals surface area (Å²) in [7, 11) is 8.03. The Bertz CT molecular complexity index is 224. The molecule has 3 aliphatic rings. The lowest BCUT2D eigenvalue weighted by Crippen LogP contribution is -2.18. The van der Waals surface area contributed by atoms with E-state index < -0.39 is 0 Å². The number of hydrogen-bond acceptors (Lipinski definition) is 4. The largest absolute Gasteiger partial charge is 0.0695 e. The molecule has 0 amide bonds. The van der Waals surface area contributed by atoms with Crippen LogP contribution in [0.4, 0.5) is 0 Å². The van der Waals surface area contributed by atoms with Gasteiger partial charge in [-0.15, -0.1) is 0 Å². The van der Waals surface area contributed by atoms with Crippen LogP contribution in [-0.2, 0) is 0 Å². The lowest BCUT2D eigenvalue weighted by atomic mass is 10.1. The Morgan fingerprint density at radius 3 is 3.27 bits per heavy atom. The van der Waals surface area contributed by atoms with Gasteiger partial charge in [-0.1, -0.05) is 16.9 Å². The predicted octanol–water partition coefficient (Wildman–Crippen LogP) is 4.11. The Labute approximate surface area is 81.9 Å². The van der Waals surface area contributed by atoms with Crippen LogP contribution < -0.4 is 0 Å². The van der Waals surface area contributed by atoms with Crippen LogP contribution in [-0.4, -0.2) is 4.75 Å². The summed E-state index contributed by atoms with van der Waals surface area (Å²) in [5.74, 6) is 0.935. The van der Waals surface area contributed by atoms with Crippen molar-refractivity contribution in [2.24, 2.45) is 5.92 Å². The summed E-state index contributed by atoms with van der Waals surface area (Å²) in [6.45, 7) is 0. The highest BCUT2D eigenvalue weighted by molar-refractivity contribution is 9.27. The maximum atomic E-state index is 2.52. The van der Waals surface area contributed by atoms with Gasteiger partial charge in [0.05, 0.1) is 4.75 Å². The standard InChI is InChI=1S/C7H8S4/c1-2-7-4-5(1)3-6(7)8-10-11-9-7/h3,5H,1-2,4H2. The second kappa shape index (κ2) is 2.56. The van der Waals surface area contributed by atoms with Crippen LogP contribution in [0.5, 0.6) is 0 Å². The highest BCUT2D eigenvalue weighted by atomic mass is 33.7. The Morgan fingerprint density at radius 1 is 1.45 bits per heavy atom. The van der Waals surface area contributed by atoms with Crippen LogP contribution >= 0.6 is 41.2 Å². The molecule has 2 bridgehead atoms. The average molecular weight is 220 g/mol. The van der Waals surface area contributed by atoms with E-state index in [4.69, 9.17) is 0 Å². The van der Waals surface area contributed by atoms with E-state index in [0.29, 0.717) is 4.75 Å². The van der Waals surface area contributed by atoms with E-state index in [0.717, 1.165) is 5.92 Å². The van der Waals surface area contributed by atoms with Crippen molar-refractivity contribution in [3.8, 4) is 0 Å². The minimum atomic E-state index is 0.589. The van der Waals surface area contributed by atoms with E-state index in [1.54, 1.807) is 4.91 Å². The van der Waals surface area contributed by atoms with Crippen LogP contribution in [0.1, 0.15) is 19.3 Å². The number of rotatable bonds is 0. The van der Waals surface area contributed by atoms with E-state index in [-0.39, 0.29) is 0 Å². The second-order valence-electron chi connectivity index (χ2n) is 3.33. The molecule has 1 saturated heterocycles. The SMILES string of the molecule is C1=C2SSSSC23CCC1C3. The zero-order valence-electron chi connectivity index (χ0n) is 5.91. The van der Waals surface area contributed by atoms with Gasteiger partial charge >= 0.3 is 0 Å². The zero-order chi connectivity index (χ0) is 7.31. The van der Waals surface area contributed by atoms with Crippen LogP contribution in [0, 0.1) is 5.92 Å². The van der Waals surface area contributed by atoms with Gasteiger partial charge in [-0.25, -0.2) is 0 Å². The third-order valence-electron chi connectivity index (χ3n) is 2.69. The molecule has 4 heteroatoms. The van der Waals surface area contributed by atoms with Gasteiger partial charge in [0.15, 0.2) is 0 Å². The van der Waals surface area contributed by atoms with Gasteiger partial charge in [0.25, 0.3) is 0 Å². The van der Waals surface area contributed by atoms with Gasteiger partial charge in [-0.05, 0) is 55.6 Å². The highest BCUT2D eigenvalue weighted by Crippen LogP contribution is 2.70. The van der Waals surface area contributed by atoms with Crippen LogP contribution in [0.3, 0.4) is 0 Å². The molecule has 1 spiro atoms. The normalized spacial score (nSPS) is 47.3. The van der Waals surface area contributed by atoms with Gasteiger partial charge in [0.1, 0.15) is 0 Å². The van der Waals surface area contributed by atoms with E-state index in [1.165, 1.54) is 19.3 Å². The summed E-state index contributed by atoms with van der Waals surface area (Å²) in [6, 6.07) is 0. The molecular formula is C7H8S4. The molecule has 1 saturated carbocycles. The Hall–Kier alpha value is 1.14. The summed E-state index contributed by atoms with van der Waals surface area (Å²) in [5.41, 5.74) is 0. The molecule has 11 heavy (non-hydrogen) atoms. The van der Waals surface area contributed by atoms with Crippen molar-refractivity contribution in [2.75, 3.05) is 0 Å². The molecule has 0 radical (unpaired) electrons. The molecule has 0 N–H and O–H groups in total. The lowest BCUT2D eigenvalue weighted by Gasteiger charge is -2.30. The summed E-state index contributed by atoms with van der Waals surface area (Å²) in [5, 5.41) is 0. The van der Waals surface area contributed by atoms with Crippen molar-refractivity contribution < 1.29 is 0 Å². The molecule has 2 aliphatic carbocycles. The van der Waals surface area contributed by atoms with Crippen molar-refractivity contribution in [3.05, 3.63) is 11.0 Å². The first-order valence-corrected chi connectivity index (χ1v) is 8.62. The maximum absolute atomic E-state index is 2.52. The minimum Gasteiger partial charge on any atom is -0.0695 e. The summed E-state index contributed by atoms with van der Waals surface area (Å²) in [4.78, 5) is 1.68. The lowest BCUT2D eigenvalue weighted by molar-refractivity contribution is 0.699. The summed E-state index contributed by atoms with van der Waals surface area (Å²) in [6.07, 6.45) is 6.85. The monoisotopic (exact) mass is 220 g/mol. The molecule has 3 rings (SSSR count). The van der Waals surface area contributed by atoms with Crippen molar-refractivity contribution in [1.29, 1.82) is 0 Å². The second-order valence-corrected chi connectivity index (χ2v) is 9.42. The van der Waals surface area contributed by atoms with Crippen LogP contribution in [0.15, 0.2) is 11.0 Å². The first kappa shape index (κ1) is 7.54. The van der Waals surface area contributed by atoms with E-state index in [1.807, 2.05) is 30.4 Å². The van der Waals surface area contributed by atoms with Crippen molar-refractivity contribution in [2.45, 2.75) is 24.0 Å². The fourth-order valence-electron chi connectivity index (χ4n) is 2.13. The summed E-state index contributed by atoms with van der Waals surface area (Å²) >= 11 is 0. The smallest absolute Gasteiger partial charge is 0.0590 e. The average Bonchev–Trinajstić information content (AvgIpc) is 2.57. The molecular weight excluding hydrogens is 212 g/mol. The molecule has 0 aromatic carbocycles. The molecule has 0 aromatic heterocycles. The molecule has 0 nitrogen and oxygen atoms in total. The quantitative estimate of drug-likeness (QED) is 0.563. The Kier molecular flexibility index (Phi) is 1.76. The van der Waals surface area contributed by atoms with E-state index in [9.17, 15) is 0 Å². The van der Waals surface area contributed by atoms with Gasteiger partial charge in [-0.3, -0.25) is 0 Å². The van der Waals surface area contributed by atoms with Crippen molar-refractivity contribution in [1.82, 2.24) is 0 Å². The minimum absolute atomic E-state index is 0.589. The van der Waals surface area contributed by atoms with Crippen LogP contribution in [0.2, 0.25) is 0 Å². The van der Waals surface area contributed by atoms with E-state index >= 15 is 0 Å². The Morgan fingerprint density at radius 2 is 2.45 bits per heavy atom.